The third-order valence-electron chi connectivity index (χ3n) is 1.91. The molecule has 3 heteroatoms. The quantitative estimate of drug-likeness (QED) is 0.840. The number of benzene rings is 1. The molecule has 0 spiro atoms. The van der Waals surface area contributed by atoms with Crippen molar-refractivity contribution in [2.45, 2.75) is 26.1 Å². The Morgan fingerprint density at radius 1 is 1.00 bits per heavy atom. The van der Waals surface area contributed by atoms with Crippen molar-refractivity contribution in [3.8, 4) is 0 Å². The topological polar surface area (TPSA) is 40.5 Å². The molecule has 13 heavy (non-hydrogen) atoms. The molecule has 0 aliphatic carbocycles. The normalized spacial score (nSPS) is 15.5. The Morgan fingerprint density at radius 2 is 1.38 bits per heavy atom. The van der Waals surface area contributed by atoms with Gasteiger partial charge in [0, 0.05) is 4.47 Å². The van der Waals surface area contributed by atoms with Gasteiger partial charge in [-0.2, -0.15) is 0 Å². The Bertz CT molecular complexity index is 269. The maximum Gasteiger partial charge on any atom is 0.0762 e. The van der Waals surface area contributed by atoms with Crippen LogP contribution in [0.4, 0.5) is 0 Å². The summed E-state index contributed by atoms with van der Waals surface area (Å²) in [6, 6.07) is 5.49. The standard InChI is InChI=1S/C10H13BrO2/c1-6(12)8-3-9(7(2)13)5-10(11)4-8/h3-7,12-13H,1-2H3. The fourth-order valence-electron chi connectivity index (χ4n) is 1.12. The Labute approximate surface area is 86.3 Å². The minimum atomic E-state index is -0.505. The van der Waals surface area contributed by atoms with E-state index in [9.17, 15) is 10.2 Å². The molecule has 0 aliphatic rings. The zero-order valence-electron chi connectivity index (χ0n) is 7.66. The van der Waals surface area contributed by atoms with Gasteiger partial charge in [0.15, 0.2) is 0 Å². The van der Waals surface area contributed by atoms with Crippen LogP contribution < -0.4 is 0 Å². The number of halogens is 1. The highest BCUT2D eigenvalue weighted by atomic mass is 79.9. The molecule has 0 amide bonds. The molecule has 0 fully saturated rings. The van der Waals surface area contributed by atoms with Gasteiger partial charge in [-0.05, 0) is 37.1 Å². The first kappa shape index (κ1) is 10.7. The molecule has 1 rings (SSSR count). The smallest absolute Gasteiger partial charge is 0.0762 e. The Morgan fingerprint density at radius 3 is 1.69 bits per heavy atom. The lowest BCUT2D eigenvalue weighted by atomic mass is 10.0. The molecule has 0 aromatic heterocycles. The maximum absolute atomic E-state index is 9.35. The van der Waals surface area contributed by atoms with Crippen LogP contribution in [0.1, 0.15) is 37.2 Å². The van der Waals surface area contributed by atoms with Crippen LogP contribution in [0.3, 0.4) is 0 Å². The van der Waals surface area contributed by atoms with Crippen LogP contribution in [0.15, 0.2) is 22.7 Å². The second-order valence-electron chi connectivity index (χ2n) is 3.17. The van der Waals surface area contributed by atoms with Gasteiger partial charge in [-0.1, -0.05) is 22.0 Å². The summed E-state index contributed by atoms with van der Waals surface area (Å²) in [5, 5.41) is 18.7. The van der Waals surface area contributed by atoms with Gasteiger partial charge in [0.05, 0.1) is 12.2 Å². The van der Waals surface area contributed by atoms with Gasteiger partial charge in [0.2, 0.25) is 0 Å². The zero-order chi connectivity index (χ0) is 10.0. The van der Waals surface area contributed by atoms with Crippen molar-refractivity contribution in [3.63, 3.8) is 0 Å². The fraction of sp³-hybridized carbons (Fsp3) is 0.400. The predicted molar refractivity (Wildman–Crippen MR) is 55.4 cm³/mol. The molecule has 72 valence electrons. The molecular weight excluding hydrogens is 232 g/mol. The van der Waals surface area contributed by atoms with Crippen LogP contribution in [-0.4, -0.2) is 10.2 Å². The summed E-state index contributed by atoms with van der Waals surface area (Å²) < 4.78 is 0.877. The molecular formula is C10H13BrO2. The number of aliphatic hydroxyl groups is 2. The van der Waals surface area contributed by atoms with Crippen molar-refractivity contribution in [3.05, 3.63) is 33.8 Å². The fourth-order valence-corrected chi connectivity index (χ4v) is 1.65. The predicted octanol–water partition coefficient (Wildman–Crippen LogP) is 2.56. The number of hydrogen-bond acceptors (Lipinski definition) is 2. The molecule has 0 bridgehead atoms. The molecule has 1 aromatic rings. The summed E-state index contributed by atoms with van der Waals surface area (Å²) in [4.78, 5) is 0. The lowest BCUT2D eigenvalue weighted by Gasteiger charge is -2.10. The molecule has 0 heterocycles. The average Bonchev–Trinajstić information content (AvgIpc) is 2.03. The first-order valence-electron chi connectivity index (χ1n) is 4.17. The molecule has 0 aliphatic heterocycles. The minimum absolute atomic E-state index is 0.505. The van der Waals surface area contributed by atoms with E-state index in [1.54, 1.807) is 19.9 Å². The molecule has 2 N–H and O–H groups in total. The van der Waals surface area contributed by atoms with Crippen molar-refractivity contribution < 1.29 is 10.2 Å². The van der Waals surface area contributed by atoms with Gasteiger partial charge in [-0.15, -0.1) is 0 Å². The van der Waals surface area contributed by atoms with Gasteiger partial charge in [0.25, 0.3) is 0 Å². The van der Waals surface area contributed by atoms with E-state index in [2.05, 4.69) is 15.9 Å². The van der Waals surface area contributed by atoms with Crippen LogP contribution in [0.5, 0.6) is 0 Å². The SMILES string of the molecule is CC(O)c1cc(Br)cc(C(C)O)c1. The van der Waals surface area contributed by atoms with Crippen LogP contribution in [0.2, 0.25) is 0 Å². The van der Waals surface area contributed by atoms with E-state index >= 15 is 0 Å². The highest BCUT2D eigenvalue weighted by molar-refractivity contribution is 9.10. The third kappa shape index (κ3) is 2.79. The Balaban J connectivity index is 3.11. The first-order chi connectivity index (χ1) is 6.00. The van der Waals surface area contributed by atoms with Crippen LogP contribution in [-0.2, 0) is 0 Å². The highest BCUT2D eigenvalue weighted by Gasteiger charge is 2.07. The summed E-state index contributed by atoms with van der Waals surface area (Å²) in [5.74, 6) is 0. The van der Waals surface area contributed by atoms with Crippen LogP contribution >= 0.6 is 15.9 Å². The summed E-state index contributed by atoms with van der Waals surface area (Å²) in [6.45, 7) is 3.40. The van der Waals surface area contributed by atoms with Gasteiger partial charge >= 0.3 is 0 Å². The second-order valence-corrected chi connectivity index (χ2v) is 4.09. The molecule has 2 atom stereocenters. The third-order valence-corrected chi connectivity index (χ3v) is 2.37. The maximum atomic E-state index is 9.35. The Hall–Kier alpha value is -0.380. The Kier molecular flexibility index (Phi) is 3.47. The van der Waals surface area contributed by atoms with E-state index < -0.39 is 12.2 Å². The van der Waals surface area contributed by atoms with Crippen molar-refractivity contribution in [1.82, 2.24) is 0 Å². The first-order valence-corrected chi connectivity index (χ1v) is 4.96. The molecule has 2 unspecified atom stereocenters. The summed E-state index contributed by atoms with van der Waals surface area (Å²) in [6.07, 6.45) is -1.01. The largest absolute Gasteiger partial charge is 0.389 e. The summed E-state index contributed by atoms with van der Waals surface area (Å²) >= 11 is 3.33. The van der Waals surface area contributed by atoms with E-state index in [1.807, 2.05) is 12.1 Å². The molecule has 0 saturated carbocycles. The van der Waals surface area contributed by atoms with Gasteiger partial charge < -0.3 is 10.2 Å². The molecule has 0 radical (unpaired) electrons. The summed E-state index contributed by atoms with van der Waals surface area (Å²) in [7, 11) is 0. The van der Waals surface area contributed by atoms with E-state index in [0.717, 1.165) is 15.6 Å². The van der Waals surface area contributed by atoms with Crippen LogP contribution in [0.25, 0.3) is 0 Å². The monoisotopic (exact) mass is 244 g/mol. The molecule has 2 nitrogen and oxygen atoms in total. The van der Waals surface area contributed by atoms with Crippen molar-refractivity contribution >= 4 is 15.9 Å². The lowest BCUT2D eigenvalue weighted by molar-refractivity contribution is 0.192. The number of aliphatic hydroxyl groups excluding tert-OH is 2. The van der Waals surface area contributed by atoms with Gasteiger partial charge in [-0.25, -0.2) is 0 Å². The van der Waals surface area contributed by atoms with E-state index in [1.165, 1.54) is 0 Å². The van der Waals surface area contributed by atoms with E-state index in [0.29, 0.717) is 0 Å². The van der Waals surface area contributed by atoms with E-state index in [4.69, 9.17) is 0 Å². The van der Waals surface area contributed by atoms with E-state index in [-0.39, 0.29) is 0 Å². The summed E-state index contributed by atoms with van der Waals surface area (Å²) in [5.41, 5.74) is 1.62. The molecule has 1 aromatic carbocycles. The van der Waals surface area contributed by atoms with Crippen molar-refractivity contribution in [2.24, 2.45) is 0 Å². The lowest BCUT2D eigenvalue weighted by Crippen LogP contribution is -1.96. The van der Waals surface area contributed by atoms with Crippen molar-refractivity contribution in [1.29, 1.82) is 0 Å². The van der Waals surface area contributed by atoms with Gasteiger partial charge in [-0.3, -0.25) is 0 Å². The number of rotatable bonds is 2. The molecule has 0 saturated heterocycles. The average molecular weight is 245 g/mol. The zero-order valence-corrected chi connectivity index (χ0v) is 9.25. The van der Waals surface area contributed by atoms with Crippen molar-refractivity contribution in [2.75, 3.05) is 0 Å². The second kappa shape index (κ2) is 4.22. The van der Waals surface area contributed by atoms with Gasteiger partial charge in [0.1, 0.15) is 0 Å². The highest BCUT2D eigenvalue weighted by Crippen LogP contribution is 2.24. The van der Waals surface area contributed by atoms with Crippen LogP contribution in [0, 0.1) is 0 Å². The minimum Gasteiger partial charge on any atom is -0.389 e. The number of hydrogen-bond donors (Lipinski definition) is 2.